The molecule has 2 aliphatic rings. The lowest BCUT2D eigenvalue weighted by Gasteiger charge is -2.32. The van der Waals surface area contributed by atoms with Gasteiger partial charge in [0, 0.05) is 54.2 Å². The van der Waals surface area contributed by atoms with Crippen LogP contribution in [-0.2, 0) is 4.74 Å². The number of rotatable bonds is 6. The van der Waals surface area contributed by atoms with Crippen LogP contribution in [0.15, 0.2) is 55.3 Å². The smallest absolute Gasteiger partial charge is 0.314 e. The summed E-state index contributed by atoms with van der Waals surface area (Å²) in [5.41, 5.74) is 12.1. The van der Waals surface area contributed by atoms with Crippen molar-refractivity contribution in [3.05, 3.63) is 77.1 Å². The number of benzene rings is 1. The Hall–Kier alpha value is -3.55. The van der Waals surface area contributed by atoms with Crippen LogP contribution in [0.1, 0.15) is 56.4 Å². The van der Waals surface area contributed by atoms with Crippen LogP contribution in [0.5, 0.6) is 0 Å². The number of amides is 2. The van der Waals surface area contributed by atoms with E-state index in [4.69, 9.17) is 27.1 Å². The first-order valence-electron chi connectivity index (χ1n) is 14.1. The Morgan fingerprint density at radius 2 is 1.75 bits per heavy atom. The van der Waals surface area contributed by atoms with Crippen molar-refractivity contribution in [1.82, 2.24) is 14.5 Å². The first-order chi connectivity index (χ1) is 19.5. The Bertz CT molecular complexity index is 1320. The summed E-state index contributed by atoms with van der Waals surface area (Å²) >= 11 is 6.26. The second-order valence-electron chi connectivity index (χ2n) is 9.68. The van der Waals surface area contributed by atoms with Gasteiger partial charge in [0.15, 0.2) is 0 Å². The van der Waals surface area contributed by atoms with Crippen molar-refractivity contribution >= 4 is 35.6 Å². The maximum absolute atomic E-state index is 11.8. The van der Waals surface area contributed by atoms with E-state index in [1.807, 2.05) is 57.3 Å². The van der Waals surface area contributed by atoms with Gasteiger partial charge in [-0.15, -0.1) is 0 Å². The molecule has 4 heterocycles. The SMILES string of the molecule is C=Cc1c(/C=C\C)c(C2CCN(C(N)=O)CC2)c(-c2ccc(N3CCOCC3)nc2)n1-c1ccc(Cl)cc1.CC. The number of pyridine rings is 1. The Balaban J connectivity index is 0.00000181. The van der Waals surface area contributed by atoms with Crippen molar-refractivity contribution < 1.29 is 9.53 Å². The molecule has 1 aromatic carbocycles. The first-order valence-corrected chi connectivity index (χ1v) is 14.5. The highest BCUT2D eigenvalue weighted by atomic mass is 35.5. The molecule has 0 saturated carbocycles. The number of hydrogen-bond donors (Lipinski definition) is 1. The van der Waals surface area contributed by atoms with Crippen LogP contribution in [0.25, 0.3) is 29.1 Å². The van der Waals surface area contributed by atoms with E-state index in [-0.39, 0.29) is 11.9 Å². The number of carbonyl (C=O) groups is 1. The largest absolute Gasteiger partial charge is 0.378 e. The molecule has 212 valence electrons. The van der Waals surface area contributed by atoms with Crippen LogP contribution in [-0.4, -0.2) is 59.9 Å². The zero-order valence-corrected chi connectivity index (χ0v) is 24.5. The van der Waals surface area contributed by atoms with Gasteiger partial charge in [-0.1, -0.05) is 44.2 Å². The number of nitrogens with two attached hydrogens (primary N) is 1. The minimum Gasteiger partial charge on any atom is -0.378 e. The van der Waals surface area contributed by atoms with Crippen LogP contribution in [0, 0.1) is 0 Å². The number of primary amides is 1. The average Bonchev–Trinajstić information content (AvgIpc) is 3.33. The Labute approximate surface area is 242 Å². The van der Waals surface area contributed by atoms with Crippen LogP contribution in [0.3, 0.4) is 0 Å². The summed E-state index contributed by atoms with van der Waals surface area (Å²) in [5, 5.41) is 0.687. The molecule has 40 heavy (non-hydrogen) atoms. The predicted molar refractivity (Wildman–Crippen MR) is 166 cm³/mol. The fraction of sp³-hybridized carbons (Fsp3) is 0.375. The minimum atomic E-state index is -0.356. The molecule has 2 saturated heterocycles. The van der Waals surface area contributed by atoms with Crippen LogP contribution >= 0.6 is 11.6 Å². The summed E-state index contributed by atoms with van der Waals surface area (Å²) in [4.78, 5) is 20.7. The molecule has 0 aliphatic carbocycles. The second kappa shape index (κ2) is 13.7. The number of nitrogens with zero attached hydrogens (tertiary/aromatic N) is 4. The summed E-state index contributed by atoms with van der Waals surface area (Å²) in [6.45, 7) is 14.6. The lowest BCUT2D eigenvalue weighted by atomic mass is 9.85. The standard InChI is InChI=1S/C30H34ClN5O2.C2H6/c1-3-5-25-26(4-2)36(24-9-7-23(31)8-10-24)29(28(25)21-12-14-35(15-13-21)30(32)37)22-6-11-27(33-20-22)34-16-18-38-19-17-34;1-2/h3-11,20-21H,2,12-19H2,1H3,(H2,32,37);1-2H3/b5-3-;. The Kier molecular flexibility index (Phi) is 10.1. The molecule has 2 aliphatic heterocycles. The maximum atomic E-state index is 11.8. The maximum Gasteiger partial charge on any atom is 0.314 e. The van der Waals surface area contributed by atoms with E-state index in [1.54, 1.807) is 4.90 Å². The van der Waals surface area contributed by atoms with E-state index in [2.05, 4.69) is 40.3 Å². The van der Waals surface area contributed by atoms with Gasteiger partial charge in [0.1, 0.15) is 5.82 Å². The summed E-state index contributed by atoms with van der Waals surface area (Å²) in [6.07, 6.45) is 9.80. The number of piperidine rings is 1. The van der Waals surface area contributed by atoms with Gasteiger partial charge in [-0.25, -0.2) is 9.78 Å². The van der Waals surface area contributed by atoms with Crippen molar-refractivity contribution in [2.45, 2.75) is 39.5 Å². The van der Waals surface area contributed by atoms with E-state index >= 15 is 0 Å². The van der Waals surface area contributed by atoms with Gasteiger partial charge in [0.2, 0.25) is 0 Å². The van der Waals surface area contributed by atoms with E-state index in [1.165, 1.54) is 5.56 Å². The minimum absolute atomic E-state index is 0.248. The summed E-state index contributed by atoms with van der Waals surface area (Å²) in [6, 6.07) is 11.8. The van der Waals surface area contributed by atoms with Crippen molar-refractivity contribution in [1.29, 1.82) is 0 Å². The third-order valence-corrected chi connectivity index (χ3v) is 7.72. The number of anilines is 1. The number of aromatic nitrogens is 2. The average molecular weight is 562 g/mol. The molecular formula is C32H40ClN5O2. The molecule has 0 unspecified atom stereocenters. The molecule has 2 fully saturated rings. The molecule has 3 aromatic rings. The highest BCUT2D eigenvalue weighted by molar-refractivity contribution is 6.30. The number of morpholine rings is 1. The highest BCUT2D eigenvalue weighted by Gasteiger charge is 2.31. The number of hydrogen-bond acceptors (Lipinski definition) is 4. The van der Waals surface area contributed by atoms with Crippen molar-refractivity contribution in [3.8, 4) is 16.9 Å². The first kappa shape index (κ1) is 29.4. The number of halogens is 1. The van der Waals surface area contributed by atoms with Crippen LogP contribution in [0.2, 0.25) is 5.02 Å². The summed E-state index contributed by atoms with van der Waals surface area (Å²) in [7, 11) is 0. The zero-order valence-electron chi connectivity index (χ0n) is 23.8. The molecule has 0 spiro atoms. The molecule has 0 bridgehead atoms. The predicted octanol–water partition coefficient (Wildman–Crippen LogP) is 6.99. The number of allylic oxidation sites excluding steroid dienone is 1. The van der Waals surface area contributed by atoms with E-state index in [9.17, 15) is 4.79 Å². The van der Waals surface area contributed by atoms with Gasteiger partial charge in [-0.05, 0) is 73.7 Å². The quantitative estimate of drug-likeness (QED) is 0.352. The van der Waals surface area contributed by atoms with Gasteiger partial charge in [-0.2, -0.15) is 0 Å². The van der Waals surface area contributed by atoms with Gasteiger partial charge >= 0.3 is 6.03 Å². The van der Waals surface area contributed by atoms with Crippen LogP contribution < -0.4 is 10.6 Å². The number of carbonyl (C=O) groups excluding carboxylic acids is 1. The number of ether oxygens (including phenoxy) is 1. The van der Waals surface area contributed by atoms with E-state index in [0.29, 0.717) is 31.3 Å². The lowest BCUT2D eigenvalue weighted by molar-refractivity contribution is 0.122. The molecular weight excluding hydrogens is 522 g/mol. The van der Waals surface area contributed by atoms with Crippen molar-refractivity contribution in [3.63, 3.8) is 0 Å². The highest BCUT2D eigenvalue weighted by Crippen LogP contribution is 2.43. The molecule has 8 heteroatoms. The van der Waals surface area contributed by atoms with Gasteiger partial charge in [0.05, 0.1) is 24.6 Å². The topological polar surface area (TPSA) is 76.6 Å². The Morgan fingerprint density at radius 3 is 2.30 bits per heavy atom. The molecule has 2 aromatic heterocycles. The van der Waals surface area contributed by atoms with Crippen LogP contribution in [0.4, 0.5) is 10.6 Å². The third kappa shape index (κ3) is 6.11. The van der Waals surface area contributed by atoms with Crippen molar-refractivity contribution in [2.75, 3.05) is 44.3 Å². The van der Waals surface area contributed by atoms with Gasteiger partial charge < -0.3 is 24.8 Å². The zero-order chi connectivity index (χ0) is 28.6. The van der Waals surface area contributed by atoms with E-state index in [0.717, 1.165) is 60.0 Å². The summed E-state index contributed by atoms with van der Waals surface area (Å²) in [5.74, 6) is 1.20. The fourth-order valence-corrected chi connectivity index (χ4v) is 5.75. The second-order valence-corrected chi connectivity index (χ2v) is 10.1. The Morgan fingerprint density at radius 1 is 1.07 bits per heavy atom. The fourth-order valence-electron chi connectivity index (χ4n) is 5.62. The molecule has 0 atom stereocenters. The monoisotopic (exact) mass is 561 g/mol. The summed E-state index contributed by atoms with van der Waals surface area (Å²) < 4.78 is 7.78. The van der Waals surface area contributed by atoms with Gasteiger partial charge in [-0.3, -0.25) is 0 Å². The normalized spacial score (nSPS) is 16.1. The number of urea groups is 1. The molecule has 2 amide bonds. The van der Waals surface area contributed by atoms with E-state index < -0.39 is 0 Å². The number of likely N-dealkylation sites (tertiary alicyclic amines) is 1. The lowest BCUT2D eigenvalue weighted by Crippen LogP contribution is -2.41. The molecule has 5 rings (SSSR count). The van der Waals surface area contributed by atoms with Gasteiger partial charge in [0.25, 0.3) is 0 Å². The third-order valence-electron chi connectivity index (χ3n) is 7.47. The molecule has 2 N–H and O–H groups in total. The van der Waals surface area contributed by atoms with Crippen molar-refractivity contribution in [2.24, 2.45) is 5.73 Å². The molecule has 7 nitrogen and oxygen atoms in total. The molecule has 0 radical (unpaired) electrons.